The molecule has 3 heteroatoms. The Labute approximate surface area is 117 Å². The van der Waals surface area contributed by atoms with Gasteiger partial charge in [0.2, 0.25) is 0 Å². The number of fused-ring (bicyclic) bond motifs is 1. The van der Waals surface area contributed by atoms with Gasteiger partial charge in [0.15, 0.2) is 0 Å². The molecule has 0 aromatic heterocycles. The van der Waals surface area contributed by atoms with E-state index in [1.54, 1.807) is 0 Å². The van der Waals surface area contributed by atoms with Gasteiger partial charge >= 0.3 is 0 Å². The summed E-state index contributed by atoms with van der Waals surface area (Å²) >= 11 is 12.4. The maximum absolute atomic E-state index is 6.30. The summed E-state index contributed by atoms with van der Waals surface area (Å²) in [5.74, 6) is 0. The molecule has 0 bridgehead atoms. The maximum atomic E-state index is 6.30. The fraction of sp³-hybridized carbons (Fsp3) is 0.200. The SMILES string of the molecule is NC1CCc2c(-c3cccc(Cl)c3Cl)cccc21. The van der Waals surface area contributed by atoms with Crippen LogP contribution < -0.4 is 5.73 Å². The molecule has 0 fully saturated rings. The Morgan fingerprint density at radius 1 is 1.00 bits per heavy atom. The highest BCUT2D eigenvalue weighted by atomic mass is 35.5. The zero-order valence-corrected chi connectivity index (χ0v) is 11.3. The van der Waals surface area contributed by atoms with Gasteiger partial charge in [0.25, 0.3) is 0 Å². The minimum Gasteiger partial charge on any atom is -0.324 e. The van der Waals surface area contributed by atoms with E-state index in [0.29, 0.717) is 10.0 Å². The van der Waals surface area contributed by atoms with Crippen molar-refractivity contribution < 1.29 is 0 Å². The summed E-state index contributed by atoms with van der Waals surface area (Å²) in [6.07, 6.45) is 2.01. The Morgan fingerprint density at radius 3 is 2.56 bits per heavy atom. The van der Waals surface area contributed by atoms with Gasteiger partial charge in [0.05, 0.1) is 10.0 Å². The Bertz CT molecular complexity index is 607. The van der Waals surface area contributed by atoms with Crippen LogP contribution in [-0.2, 0) is 6.42 Å². The lowest BCUT2D eigenvalue weighted by Gasteiger charge is -2.12. The summed E-state index contributed by atoms with van der Waals surface area (Å²) in [5.41, 5.74) is 10.8. The molecule has 0 aliphatic heterocycles. The largest absolute Gasteiger partial charge is 0.324 e. The molecule has 0 heterocycles. The van der Waals surface area contributed by atoms with Gasteiger partial charge in [-0.15, -0.1) is 0 Å². The van der Waals surface area contributed by atoms with Gasteiger partial charge in [-0.3, -0.25) is 0 Å². The van der Waals surface area contributed by atoms with Crippen LogP contribution in [0.25, 0.3) is 11.1 Å². The van der Waals surface area contributed by atoms with E-state index in [4.69, 9.17) is 28.9 Å². The molecule has 2 aromatic rings. The third-order valence-electron chi connectivity index (χ3n) is 3.56. The van der Waals surface area contributed by atoms with E-state index >= 15 is 0 Å². The van der Waals surface area contributed by atoms with Gasteiger partial charge < -0.3 is 5.73 Å². The summed E-state index contributed by atoms with van der Waals surface area (Å²) < 4.78 is 0. The van der Waals surface area contributed by atoms with Crippen LogP contribution in [0.15, 0.2) is 36.4 Å². The van der Waals surface area contributed by atoms with E-state index < -0.39 is 0 Å². The third kappa shape index (κ3) is 1.83. The first-order chi connectivity index (χ1) is 8.68. The van der Waals surface area contributed by atoms with E-state index in [1.165, 1.54) is 11.1 Å². The zero-order valence-electron chi connectivity index (χ0n) is 9.79. The fourth-order valence-corrected chi connectivity index (χ4v) is 3.05. The van der Waals surface area contributed by atoms with Gasteiger partial charge in [0, 0.05) is 11.6 Å². The van der Waals surface area contributed by atoms with Crippen LogP contribution in [0.1, 0.15) is 23.6 Å². The van der Waals surface area contributed by atoms with Crippen molar-refractivity contribution in [2.24, 2.45) is 5.73 Å². The molecule has 0 radical (unpaired) electrons. The molecule has 92 valence electrons. The predicted molar refractivity (Wildman–Crippen MR) is 77.1 cm³/mol. The van der Waals surface area contributed by atoms with E-state index in [0.717, 1.165) is 24.0 Å². The average molecular weight is 278 g/mol. The van der Waals surface area contributed by atoms with Crippen molar-refractivity contribution in [3.8, 4) is 11.1 Å². The lowest BCUT2D eigenvalue weighted by atomic mass is 9.96. The van der Waals surface area contributed by atoms with Crippen molar-refractivity contribution in [3.05, 3.63) is 57.6 Å². The van der Waals surface area contributed by atoms with Crippen LogP contribution in [-0.4, -0.2) is 0 Å². The summed E-state index contributed by atoms with van der Waals surface area (Å²) in [6, 6.07) is 12.1. The number of benzene rings is 2. The van der Waals surface area contributed by atoms with Gasteiger partial charge in [-0.1, -0.05) is 53.5 Å². The molecule has 2 aromatic carbocycles. The number of hydrogen-bond donors (Lipinski definition) is 1. The van der Waals surface area contributed by atoms with Crippen LogP contribution in [0.5, 0.6) is 0 Å². The second kappa shape index (κ2) is 4.58. The topological polar surface area (TPSA) is 26.0 Å². The van der Waals surface area contributed by atoms with Gasteiger partial charge in [0.1, 0.15) is 0 Å². The summed E-state index contributed by atoms with van der Waals surface area (Å²) in [6.45, 7) is 0. The smallest absolute Gasteiger partial charge is 0.0670 e. The Balaban J connectivity index is 2.22. The normalized spacial score (nSPS) is 17.8. The first kappa shape index (κ1) is 12.0. The molecule has 1 atom stereocenters. The number of hydrogen-bond acceptors (Lipinski definition) is 1. The number of rotatable bonds is 1. The molecule has 0 saturated heterocycles. The van der Waals surface area contributed by atoms with Crippen molar-refractivity contribution in [2.45, 2.75) is 18.9 Å². The summed E-state index contributed by atoms with van der Waals surface area (Å²) in [7, 11) is 0. The standard InChI is InChI=1S/C15H13Cl2N/c16-13-6-2-5-12(15(13)17)9-3-1-4-11-10(9)7-8-14(11)18/h1-6,14H,7-8,18H2. The molecular weight excluding hydrogens is 265 g/mol. The zero-order chi connectivity index (χ0) is 12.7. The molecule has 3 rings (SSSR count). The molecule has 0 amide bonds. The fourth-order valence-electron chi connectivity index (χ4n) is 2.65. The molecule has 2 N–H and O–H groups in total. The molecule has 0 saturated carbocycles. The molecule has 1 unspecified atom stereocenters. The Kier molecular flexibility index (Phi) is 3.06. The second-order valence-corrected chi connectivity index (χ2v) is 5.41. The van der Waals surface area contributed by atoms with Crippen molar-refractivity contribution >= 4 is 23.2 Å². The van der Waals surface area contributed by atoms with Crippen LogP contribution in [0, 0.1) is 0 Å². The number of nitrogens with two attached hydrogens (primary N) is 1. The van der Waals surface area contributed by atoms with E-state index in [9.17, 15) is 0 Å². The van der Waals surface area contributed by atoms with Crippen LogP contribution in [0.3, 0.4) is 0 Å². The molecular formula is C15H13Cl2N. The monoisotopic (exact) mass is 277 g/mol. The number of halogens is 2. The highest BCUT2D eigenvalue weighted by molar-refractivity contribution is 6.43. The summed E-state index contributed by atoms with van der Waals surface area (Å²) in [4.78, 5) is 0. The minimum atomic E-state index is 0.151. The lowest BCUT2D eigenvalue weighted by Crippen LogP contribution is -2.04. The van der Waals surface area contributed by atoms with Crippen LogP contribution in [0.4, 0.5) is 0 Å². The van der Waals surface area contributed by atoms with E-state index in [-0.39, 0.29) is 6.04 Å². The Hall–Kier alpha value is -1.02. The van der Waals surface area contributed by atoms with Gasteiger partial charge in [-0.25, -0.2) is 0 Å². The van der Waals surface area contributed by atoms with Crippen LogP contribution >= 0.6 is 23.2 Å². The van der Waals surface area contributed by atoms with Crippen LogP contribution in [0.2, 0.25) is 10.0 Å². The Morgan fingerprint density at radius 2 is 1.72 bits per heavy atom. The highest BCUT2D eigenvalue weighted by Crippen LogP contribution is 2.40. The van der Waals surface area contributed by atoms with Gasteiger partial charge in [-0.2, -0.15) is 0 Å². The third-order valence-corrected chi connectivity index (χ3v) is 4.38. The molecule has 1 aliphatic carbocycles. The lowest BCUT2D eigenvalue weighted by molar-refractivity contribution is 0.713. The average Bonchev–Trinajstić information content (AvgIpc) is 2.75. The minimum absolute atomic E-state index is 0.151. The quantitative estimate of drug-likeness (QED) is 0.810. The second-order valence-electron chi connectivity index (χ2n) is 4.62. The molecule has 18 heavy (non-hydrogen) atoms. The molecule has 1 aliphatic rings. The van der Waals surface area contributed by atoms with E-state index in [1.807, 2.05) is 24.3 Å². The molecule has 0 spiro atoms. The maximum Gasteiger partial charge on any atom is 0.0670 e. The van der Waals surface area contributed by atoms with Crippen molar-refractivity contribution in [3.63, 3.8) is 0 Å². The summed E-state index contributed by atoms with van der Waals surface area (Å²) in [5, 5.41) is 1.21. The highest BCUT2D eigenvalue weighted by Gasteiger charge is 2.22. The first-order valence-electron chi connectivity index (χ1n) is 6.00. The van der Waals surface area contributed by atoms with E-state index in [2.05, 4.69) is 12.1 Å². The van der Waals surface area contributed by atoms with Crippen molar-refractivity contribution in [1.82, 2.24) is 0 Å². The molecule has 1 nitrogen and oxygen atoms in total. The first-order valence-corrected chi connectivity index (χ1v) is 6.76. The van der Waals surface area contributed by atoms with Crippen molar-refractivity contribution in [1.29, 1.82) is 0 Å². The van der Waals surface area contributed by atoms with Gasteiger partial charge in [-0.05, 0) is 35.6 Å². The van der Waals surface area contributed by atoms with Crippen molar-refractivity contribution in [2.75, 3.05) is 0 Å². The predicted octanol–water partition coefficient (Wildman–Crippen LogP) is 4.61.